The maximum Gasteiger partial charge on any atom is 0.264 e. The highest BCUT2D eigenvalue weighted by atomic mass is 32.2. The number of hydrogen-bond acceptors (Lipinski definition) is 11. The van der Waals surface area contributed by atoms with Gasteiger partial charge in [-0.15, -0.1) is 0 Å². The fourth-order valence-electron chi connectivity index (χ4n) is 7.98. The summed E-state index contributed by atoms with van der Waals surface area (Å²) in [5, 5.41) is 11.9. The molecule has 0 spiro atoms. The van der Waals surface area contributed by atoms with Gasteiger partial charge in [0.25, 0.3) is 11.8 Å². The normalized spacial score (nSPS) is 17.0. The van der Waals surface area contributed by atoms with Crippen LogP contribution in [0.2, 0.25) is 0 Å². The van der Waals surface area contributed by atoms with Crippen LogP contribution in [0.5, 0.6) is 0 Å². The molecule has 6 amide bonds. The summed E-state index contributed by atoms with van der Waals surface area (Å²) in [6.45, 7) is 3.24. The molecule has 1 aromatic heterocycles. The molecular weight excluding hydrogens is 829 g/mol. The molecule has 4 aromatic carbocycles. The topological polar surface area (TPSA) is 228 Å². The van der Waals surface area contributed by atoms with Gasteiger partial charge in [-0.05, 0) is 85.0 Å². The zero-order chi connectivity index (χ0) is 44.1. The summed E-state index contributed by atoms with van der Waals surface area (Å²) in [6.07, 6.45) is 2.43. The van der Waals surface area contributed by atoms with E-state index in [2.05, 4.69) is 35.9 Å². The van der Waals surface area contributed by atoms with Gasteiger partial charge in [0.2, 0.25) is 33.7 Å². The first-order valence-electron chi connectivity index (χ1n) is 20.7. The Bertz CT molecular complexity index is 2680. The number of aromatic amines is 1. The number of piperidine rings is 1. The molecule has 3 aliphatic heterocycles. The number of anilines is 3. The van der Waals surface area contributed by atoms with Crippen LogP contribution in [0.1, 0.15) is 57.5 Å². The number of rotatable bonds is 16. The molecule has 3 aliphatic rings. The van der Waals surface area contributed by atoms with Gasteiger partial charge in [-0.2, -0.15) is 4.72 Å². The molecular formula is C45H46N8O9S. The molecule has 17 nitrogen and oxygen atoms in total. The molecule has 18 heteroatoms. The fraction of sp³-hybridized carbons (Fsp3) is 0.289. The van der Waals surface area contributed by atoms with E-state index in [-0.39, 0.29) is 54.2 Å². The number of H-pyrrole nitrogens is 1. The van der Waals surface area contributed by atoms with E-state index in [0.717, 1.165) is 40.1 Å². The minimum Gasteiger partial charge on any atom is -0.384 e. The van der Waals surface area contributed by atoms with Crippen molar-refractivity contribution in [2.24, 2.45) is 0 Å². The van der Waals surface area contributed by atoms with Gasteiger partial charge in [0.1, 0.15) is 12.1 Å². The second-order valence-electron chi connectivity index (χ2n) is 15.5. The van der Waals surface area contributed by atoms with Gasteiger partial charge in [-0.3, -0.25) is 39.0 Å². The first kappa shape index (κ1) is 42.8. The van der Waals surface area contributed by atoms with Crippen LogP contribution in [-0.2, 0) is 46.9 Å². The summed E-state index contributed by atoms with van der Waals surface area (Å²) >= 11 is 0. The number of carbonyl (C=O) groups excluding carboxylic acids is 6. The molecule has 2 atom stereocenters. The predicted molar refractivity (Wildman–Crippen MR) is 233 cm³/mol. The number of imide groups is 2. The lowest BCUT2D eigenvalue weighted by Gasteiger charge is -2.29. The number of para-hydroxylation sites is 1. The van der Waals surface area contributed by atoms with Gasteiger partial charge in [-0.25, -0.2) is 8.42 Å². The van der Waals surface area contributed by atoms with E-state index in [9.17, 15) is 37.2 Å². The molecule has 0 bridgehead atoms. The van der Waals surface area contributed by atoms with E-state index >= 15 is 0 Å². The second kappa shape index (κ2) is 18.6. The monoisotopic (exact) mass is 874 g/mol. The van der Waals surface area contributed by atoms with E-state index in [0.29, 0.717) is 43.1 Å². The Morgan fingerprint density at radius 1 is 0.873 bits per heavy atom. The summed E-state index contributed by atoms with van der Waals surface area (Å²) in [5.74, 6) is -3.16. The van der Waals surface area contributed by atoms with Gasteiger partial charge in [0.15, 0.2) is 0 Å². The maximum atomic E-state index is 13.8. The molecule has 63 heavy (non-hydrogen) atoms. The third kappa shape index (κ3) is 9.62. The lowest BCUT2D eigenvalue weighted by atomic mass is 10.0. The number of morpholine rings is 1. The van der Waals surface area contributed by atoms with Crippen molar-refractivity contribution < 1.29 is 41.9 Å². The summed E-state index contributed by atoms with van der Waals surface area (Å²) in [6, 6.07) is 23.5. The Labute approximate surface area is 363 Å². The van der Waals surface area contributed by atoms with Gasteiger partial charge in [0, 0.05) is 73.2 Å². The number of nitrogens with zero attached hydrogens (tertiary/aromatic N) is 2. The Balaban J connectivity index is 0.847. The van der Waals surface area contributed by atoms with Crippen molar-refractivity contribution in [3.63, 3.8) is 0 Å². The summed E-state index contributed by atoms with van der Waals surface area (Å²) in [4.78, 5) is 83.4. The number of ether oxygens (including phenoxy) is 1. The van der Waals surface area contributed by atoms with Crippen LogP contribution in [0.4, 0.5) is 17.1 Å². The van der Waals surface area contributed by atoms with Crippen molar-refractivity contribution >= 4 is 73.4 Å². The molecule has 0 radical (unpaired) electrons. The van der Waals surface area contributed by atoms with Crippen LogP contribution < -0.4 is 30.9 Å². The number of nitrogens with one attached hydrogen (secondary N) is 6. The lowest BCUT2D eigenvalue weighted by Crippen LogP contribution is -2.54. The van der Waals surface area contributed by atoms with Crippen LogP contribution in [-0.4, -0.2) is 98.7 Å². The molecule has 2 fully saturated rings. The Morgan fingerprint density at radius 3 is 2.40 bits per heavy atom. The molecule has 0 saturated carbocycles. The number of hydrogen-bond donors (Lipinski definition) is 6. The first-order chi connectivity index (χ1) is 30.4. The molecule has 2 unspecified atom stereocenters. The Hall–Kier alpha value is -6.89. The molecule has 0 aliphatic carbocycles. The number of amides is 6. The highest BCUT2D eigenvalue weighted by Crippen LogP contribution is 2.32. The average molecular weight is 875 g/mol. The fourth-order valence-corrected chi connectivity index (χ4v) is 9.18. The Morgan fingerprint density at radius 2 is 1.63 bits per heavy atom. The third-order valence-corrected chi connectivity index (χ3v) is 12.8. The highest BCUT2D eigenvalue weighted by Gasteiger charge is 2.45. The number of aromatic nitrogens is 1. The van der Waals surface area contributed by atoms with E-state index < -0.39 is 51.6 Å². The van der Waals surface area contributed by atoms with Gasteiger partial charge in [0.05, 0.1) is 29.2 Å². The van der Waals surface area contributed by atoms with Crippen LogP contribution in [0.15, 0.2) is 102 Å². The van der Waals surface area contributed by atoms with Crippen LogP contribution in [0.3, 0.4) is 0 Å². The Kier molecular flexibility index (Phi) is 12.6. The van der Waals surface area contributed by atoms with Crippen LogP contribution >= 0.6 is 0 Å². The minimum atomic E-state index is -4.19. The summed E-state index contributed by atoms with van der Waals surface area (Å²) < 4.78 is 35.7. The van der Waals surface area contributed by atoms with E-state index in [1.807, 2.05) is 36.4 Å². The van der Waals surface area contributed by atoms with Crippen LogP contribution in [0.25, 0.3) is 10.9 Å². The third-order valence-electron chi connectivity index (χ3n) is 11.3. The van der Waals surface area contributed by atoms with Crippen molar-refractivity contribution in [1.29, 1.82) is 0 Å². The zero-order valence-electron chi connectivity index (χ0n) is 34.1. The van der Waals surface area contributed by atoms with Gasteiger partial charge < -0.3 is 30.6 Å². The van der Waals surface area contributed by atoms with Gasteiger partial charge in [-0.1, -0.05) is 36.4 Å². The smallest absolute Gasteiger partial charge is 0.264 e. The minimum absolute atomic E-state index is 0.0185. The van der Waals surface area contributed by atoms with Crippen molar-refractivity contribution in [1.82, 2.24) is 25.2 Å². The number of benzene rings is 4. The quantitative estimate of drug-likeness (QED) is 0.0622. The van der Waals surface area contributed by atoms with E-state index in [1.165, 1.54) is 18.2 Å². The molecule has 326 valence electrons. The zero-order valence-corrected chi connectivity index (χ0v) is 35.0. The molecule has 8 rings (SSSR count). The average Bonchev–Trinajstić information content (AvgIpc) is 3.81. The molecule has 4 heterocycles. The summed E-state index contributed by atoms with van der Waals surface area (Å²) in [7, 11) is -4.19. The van der Waals surface area contributed by atoms with E-state index in [1.54, 1.807) is 42.6 Å². The van der Waals surface area contributed by atoms with Crippen molar-refractivity contribution in [2.45, 2.75) is 55.6 Å². The van der Waals surface area contributed by atoms with Crippen LogP contribution in [0, 0.1) is 0 Å². The molecule has 5 aromatic rings. The van der Waals surface area contributed by atoms with Crippen molar-refractivity contribution in [2.75, 3.05) is 48.4 Å². The highest BCUT2D eigenvalue weighted by molar-refractivity contribution is 7.89. The molecule has 6 N–H and O–H groups in total. The second-order valence-corrected chi connectivity index (χ2v) is 17.2. The van der Waals surface area contributed by atoms with Crippen molar-refractivity contribution in [3.8, 4) is 0 Å². The number of sulfonamides is 1. The molecule has 2 saturated heterocycles. The predicted octanol–water partition coefficient (Wildman–Crippen LogP) is 3.44. The van der Waals surface area contributed by atoms with Crippen molar-refractivity contribution in [3.05, 3.63) is 119 Å². The lowest BCUT2D eigenvalue weighted by molar-refractivity contribution is -0.136. The first-order valence-corrected chi connectivity index (χ1v) is 22.2. The van der Waals surface area contributed by atoms with E-state index in [4.69, 9.17) is 4.74 Å². The number of fused-ring (bicyclic) bond motifs is 2. The maximum absolute atomic E-state index is 13.8. The largest absolute Gasteiger partial charge is 0.384 e. The number of carbonyl (C=O) groups is 6. The SMILES string of the molecule is O=C(CCCNc1cccc2c1C(=O)N(C1CCC(=O)NC1=O)C2=O)NCc1ccc(S(=O)(=O)NC(Cc2c[nH]c3ccccc23)C(=O)Nc2ccc(N3CCOCC3)cc2)cc1. The standard InChI is InChI=1S/C45H46N8O9S/c54-39(9-4-20-46-36-8-3-6-34-41(36)45(59)53(44(34)58)38-18-19-40(55)50-43(38)57)48-26-28-10-16-32(17-11-28)63(60,61)51-37(25-29-27-47-35-7-2-1-5-33(29)35)42(56)49-30-12-14-31(15-13-30)52-21-23-62-24-22-52/h1-3,5-8,10-17,27,37-38,46-47,51H,4,9,18-26H2,(H,48,54)(H,49,56)(H,50,55,57). The summed E-state index contributed by atoms with van der Waals surface area (Å²) in [5.41, 5.74) is 4.49. The van der Waals surface area contributed by atoms with Gasteiger partial charge >= 0.3 is 0 Å².